The minimum absolute atomic E-state index is 0.0989. The van der Waals surface area contributed by atoms with Gasteiger partial charge in [0.1, 0.15) is 23.8 Å². The highest BCUT2D eigenvalue weighted by atomic mass is 19.1. The number of rotatable bonds is 6. The number of anilines is 1. The molecule has 1 amide bonds. The molecular weight excluding hydrogens is 321 g/mol. The predicted molar refractivity (Wildman–Crippen MR) is 82.8 cm³/mol. The fourth-order valence-corrected chi connectivity index (χ4v) is 2.37. The number of carbonyl (C=O) groups excluding carboxylic acids is 2. The van der Waals surface area contributed by atoms with Gasteiger partial charge in [0.2, 0.25) is 0 Å². The van der Waals surface area contributed by atoms with Crippen LogP contribution in [0.2, 0.25) is 0 Å². The Morgan fingerprint density at radius 3 is 2.96 bits per heavy atom. The van der Waals surface area contributed by atoms with E-state index in [1.54, 1.807) is 6.92 Å². The van der Waals surface area contributed by atoms with Crippen molar-refractivity contribution in [1.29, 1.82) is 0 Å². The molecule has 24 heavy (non-hydrogen) atoms. The molecule has 1 aromatic rings. The van der Waals surface area contributed by atoms with E-state index in [4.69, 9.17) is 15.2 Å². The fourth-order valence-electron chi connectivity index (χ4n) is 2.37. The molecule has 1 heterocycles. The summed E-state index contributed by atoms with van der Waals surface area (Å²) in [5, 5.41) is 2.48. The van der Waals surface area contributed by atoms with Gasteiger partial charge in [0.05, 0.1) is 6.61 Å². The van der Waals surface area contributed by atoms with Crippen LogP contribution in [0.25, 0.3) is 0 Å². The van der Waals surface area contributed by atoms with Gasteiger partial charge < -0.3 is 25.3 Å². The molecule has 1 aliphatic rings. The minimum Gasteiger partial charge on any atom is -0.428 e. The van der Waals surface area contributed by atoms with Crippen molar-refractivity contribution in [3.63, 3.8) is 0 Å². The molecule has 1 unspecified atom stereocenters. The molecule has 0 aliphatic carbocycles. The molecule has 2 atom stereocenters. The van der Waals surface area contributed by atoms with Crippen LogP contribution in [0.15, 0.2) is 23.2 Å². The Bertz CT molecular complexity index is 667. The second-order valence-electron chi connectivity index (χ2n) is 5.35. The van der Waals surface area contributed by atoms with Gasteiger partial charge >= 0.3 is 0 Å². The Labute approximate surface area is 137 Å². The van der Waals surface area contributed by atoms with Crippen LogP contribution < -0.4 is 11.1 Å². The first-order valence-electron chi connectivity index (χ1n) is 7.04. The normalized spacial score (nSPS) is 21.5. The topological polar surface area (TPSA) is 112 Å². The van der Waals surface area contributed by atoms with Crippen molar-refractivity contribution in [2.75, 3.05) is 25.6 Å². The van der Waals surface area contributed by atoms with Crippen molar-refractivity contribution in [2.45, 2.75) is 18.8 Å². The molecule has 0 radical (unpaired) electrons. The van der Waals surface area contributed by atoms with E-state index in [0.717, 1.165) is 0 Å². The van der Waals surface area contributed by atoms with E-state index >= 15 is 0 Å². The summed E-state index contributed by atoms with van der Waals surface area (Å²) < 4.78 is 28.8. The van der Waals surface area contributed by atoms with Crippen molar-refractivity contribution in [3.05, 3.63) is 29.6 Å². The summed E-state index contributed by atoms with van der Waals surface area (Å²) in [6.45, 7) is 2.11. The predicted octanol–water partition coefficient (Wildman–Crippen LogP) is 0.512. The highest BCUT2D eigenvalue weighted by molar-refractivity contribution is 5.93. The first kappa shape index (κ1) is 17.8. The van der Waals surface area contributed by atoms with E-state index in [1.807, 2.05) is 0 Å². The molecule has 0 spiro atoms. The number of aliphatic imine (C=N–C) groups is 1. The molecule has 9 heteroatoms. The molecule has 0 bridgehead atoms. The third-order valence-corrected chi connectivity index (χ3v) is 3.44. The van der Waals surface area contributed by atoms with Crippen molar-refractivity contribution in [2.24, 2.45) is 10.7 Å². The molecule has 0 saturated carbocycles. The maximum absolute atomic E-state index is 14.2. The molecule has 130 valence electrons. The second-order valence-corrected chi connectivity index (χ2v) is 5.35. The lowest BCUT2D eigenvalue weighted by atomic mass is 9.92. The Kier molecular flexibility index (Phi) is 5.47. The highest BCUT2D eigenvalue weighted by Gasteiger charge is 2.33. The molecule has 8 nitrogen and oxygen atoms in total. The smallest absolute Gasteiger partial charge is 0.295 e. The molecule has 1 aliphatic heterocycles. The van der Waals surface area contributed by atoms with Crippen molar-refractivity contribution in [3.8, 4) is 0 Å². The summed E-state index contributed by atoms with van der Waals surface area (Å²) in [5.41, 5.74) is 5.17. The first-order chi connectivity index (χ1) is 11.4. The minimum atomic E-state index is -1.40. The van der Waals surface area contributed by atoms with Crippen LogP contribution in [0.5, 0.6) is 0 Å². The van der Waals surface area contributed by atoms with Gasteiger partial charge in [-0.2, -0.15) is 0 Å². The van der Waals surface area contributed by atoms with Crippen molar-refractivity contribution >= 4 is 23.9 Å². The highest BCUT2D eigenvalue weighted by Crippen LogP contribution is 2.32. The SMILES string of the molecule is COC(OC=O)C(=O)Nc1ccc(F)c([C@]2(C)COCC(N)=N2)c1. The van der Waals surface area contributed by atoms with Crippen LogP contribution in [-0.4, -0.2) is 44.8 Å². The lowest BCUT2D eigenvalue weighted by Gasteiger charge is -2.30. The van der Waals surface area contributed by atoms with Gasteiger partial charge in [0.25, 0.3) is 18.7 Å². The number of hydrogen-bond acceptors (Lipinski definition) is 7. The summed E-state index contributed by atoms with van der Waals surface area (Å²) in [6.07, 6.45) is -1.40. The zero-order chi connectivity index (χ0) is 17.7. The third kappa shape index (κ3) is 3.87. The Balaban J connectivity index is 2.27. The molecule has 2 rings (SSSR count). The van der Waals surface area contributed by atoms with Gasteiger partial charge in [-0.25, -0.2) is 4.39 Å². The number of nitrogens with zero attached hydrogens (tertiary/aromatic N) is 1. The number of carbonyl (C=O) groups is 2. The zero-order valence-electron chi connectivity index (χ0n) is 13.2. The Morgan fingerprint density at radius 1 is 1.58 bits per heavy atom. The van der Waals surface area contributed by atoms with Gasteiger partial charge in [0, 0.05) is 18.4 Å². The van der Waals surface area contributed by atoms with Gasteiger partial charge in [-0.3, -0.25) is 14.6 Å². The van der Waals surface area contributed by atoms with Gasteiger partial charge in [0.15, 0.2) is 0 Å². The van der Waals surface area contributed by atoms with Gasteiger partial charge in [-0.05, 0) is 25.1 Å². The van der Waals surface area contributed by atoms with E-state index < -0.39 is 23.6 Å². The second kappa shape index (κ2) is 7.37. The zero-order valence-corrected chi connectivity index (χ0v) is 13.2. The Hall–Kier alpha value is -2.52. The molecule has 0 saturated heterocycles. The lowest BCUT2D eigenvalue weighted by Crippen LogP contribution is -2.38. The van der Waals surface area contributed by atoms with Crippen LogP contribution in [-0.2, 0) is 29.3 Å². The number of halogens is 1. The lowest BCUT2D eigenvalue weighted by molar-refractivity contribution is -0.168. The van der Waals surface area contributed by atoms with E-state index in [0.29, 0.717) is 0 Å². The van der Waals surface area contributed by atoms with E-state index in [2.05, 4.69) is 15.0 Å². The summed E-state index contributed by atoms with van der Waals surface area (Å²) in [5.74, 6) is -0.961. The van der Waals surface area contributed by atoms with Gasteiger partial charge in [-0.15, -0.1) is 0 Å². The Morgan fingerprint density at radius 2 is 2.33 bits per heavy atom. The number of amides is 1. The first-order valence-corrected chi connectivity index (χ1v) is 7.04. The summed E-state index contributed by atoms with van der Waals surface area (Å²) in [4.78, 5) is 26.6. The van der Waals surface area contributed by atoms with Crippen LogP contribution in [0.1, 0.15) is 12.5 Å². The summed E-state index contributed by atoms with van der Waals surface area (Å²) in [6, 6.07) is 3.98. The van der Waals surface area contributed by atoms with E-state index in [9.17, 15) is 14.0 Å². The number of ether oxygens (including phenoxy) is 3. The number of benzene rings is 1. The number of methoxy groups -OCH3 is 1. The molecule has 0 fully saturated rings. The monoisotopic (exact) mass is 339 g/mol. The summed E-state index contributed by atoms with van der Waals surface area (Å²) >= 11 is 0. The number of nitrogens with one attached hydrogen (secondary N) is 1. The molecule has 0 aromatic heterocycles. The standard InChI is InChI=1S/C15H18FN3O5/c1-15(7-23-6-12(17)19-15)10-5-9(3-4-11(10)16)18-13(21)14(22-2)24-8-20/h3-5,8,14H,6-7H2,1-2H3,(H2,17,19)(H,18,21)/t14?,15-/m0/s1. The molecule has 1 aromatic carbocycles. The maximum atomic E-state index is 14.2. The number of nitrogens with two attached hydrogens (primary N) is 1. The van der Waals surface area contributed by atoms with Crippen LogP contribution in [0, 0.1) is 5.82 Å². The summed E-state index contributed by atoms with van der Waals surface area (Å²) in [7, 11) is 1.21. The van der Waals surface area contributed by atoms with Gasteiger partial charge in [-0.1, -0.05) is 0 Å². The van der Waals surface area contributed by atoms with E-state index in [1.165, 1.54) is 25.3 Å². The number of hydrogen-bond donors (Lipinski definition) is 2. The molecule has 3 N–H and O–H groups in total. The van der Waals surface area contributed by atoms with Crippen molar-refractivity contribution < 1.29 is 28.2 Å². The fraction of sp³-hybridized carbons (Fsp3) is 0.400. The average molecular weight is 339 g/mol. The van der Waals surface area contributed by atoms with Crippen molar-refractivity contribution in [1.82, 2.24) is 0 Å². The average Bonchev–Trinajstić information content (AvgIpc) is 2.54. The van der Waals surface area contributed by atoms with Crippen LogP contribution in [0.3, 0.4) is 0 Å². The van der Waals surface area contributed by atoms with Crippen LogP contribution in [0.4, 0.5) is 10.1 Å². The van der Waals surface area contributed by atoms with E-state index in [-0.39, 0.29) is 36.8 Å². The number of amidine groups is 1. The third-order valence-electron chi connectivity index (χ3n) is 3.44. The quantitative estimate of drug-likeness (QED) is 0.577. The largest absolute Gasteiger partial charge is 0.428 e. The maximum Gasteiger partial charge on any atom is 0.295 e. The van der Waals surface area contributed by atoms with Crippen LogP contribution >= 0.6 is 0 Å². The molecular formula is C15H18FN3O5.